The largest absolute Gasteiger partial charge is 0.461 e. The van der Waals surface area contributed by atoms with E-state index in [2.05, 4.69) is 0 Å². The maximum atomic E-state index is 13.2. The SMILES string of the molecule is Cc1cc(F)ccc1CC(O)c1c(C)oc2ccccc12. The minimum atomic E-state index is -0.669. The molecule has 3 rings (SSSR count). The topological polar surface area (TPSA) is 33.4 Å². The average Bonchev–Trinajstić information content (AvgIpc) is 2.77. The number of para-hydroxylation sites is 1. The second kappa shape index (κ2) is 5.34. The Kier molecular flexibility index (Phi) is 3.52. The van der Waals surface area contributed by atoms with Crippen LogP contribution in [0.5, 0.6) is 0 Å². The molecule has 3 heteroatoms. The zero-order valence-corrected chi connectivity index (χ0v) is 12.1. The Labute approximate surface area is 122 Å². The van der Waals surface area contributed by atoms with E-state index in [1.165, 1.54) is 12.1 Å². The van der Waals surface area contributed by atoms with Crippen LogP contribution in [-0.4, -0.2) is 5.11 Å². The van der Waals surface area contributed by atoms with E-state index in [1.807, 2.05) is 38.1 Å². The molecule has 0 aliphatic rings. The van der Waals surface area contributed by atoms with Crippen molar-refractivity contribution in [2.24, 2.45) is 0 Å². The van der Waals surface area contributed by atoms with Crippen molar-refractivity contribution in [3.8, 4) is 0 Å². The lowest BCUT2D eigenvalue weighted by Crippen LogP contribution is -2.04. The third-order valence-corrected chi connectivity index (χ3v) is 3.87. The van der Waals surface area contributed by atoms with Crippen LogP contribution in [-0.2, 0) is 6.42 Å². The molecule has 0 spiro atoms. The summed E-state index contributed by atoms with van der Waals surface area (Å²) < 4.78 is 18.8. The van der Waals surface area contributed by atoms with Crippen LogP contribution in [0.1, 0.15) is 28.6 Å². The monoisotopic (exact) mass is 284 g/mol. The molecule has 0 bridgehead atoms. The number of aliphatic hydroxyl groups is 1. The molecule has 0 aliphatic carbocycles. The molecule has 1 unspecified atom stereocenters. The van der Waals surface area contributed by atoms with Gasteiger partial charge in [0.2, 0.25) is 0 Å². The third kappa shape index (κ3) is 2.57. The molecule has 1 aromatic heterocycles. The maximum absolute atomic E-state index is 13.2. The first-order valence-corrected chi connectivity index (χ1v) is 6.97. The van der Waals surface area contributed by atoms with Crippen LogP contribution in [0.25, 0.3) is 11.0 Å². The average molecular weight is 284 g/mol. The van der Waals surface area contributed by atoms with Crippen LogP contribution in [0.15, 0.2) is 46.9 Å². The summed E-state index contributed by atoms with van der Waals surface area (Å²) in [4.78, 5) is 0. The van der Waals surface area contributed by atoms with E-state index in [9.17, 15) is 9.50 Å². The normalized spacial score (nSPS) is 12.8. The first kappa shape index (κ1) is 13.8. The van der Waals surface area contributed by atoms with Gasteiger partial charge < -0.3 is 9.52 Å². The second-order valence-corrected chi connectivity index (χ2v) is 5.36. The van der Waals surface area contributed by atoms with Gasteiger partial charge in [0.05, 0.1) is 6.10 Å². The van der Waals surface area contributed by atoms with E-state index in [0.717, 1.165) is 33.4 Å². The number of halogens is 1. The Balaban J connectivity index is 1.97. The number of fused-ring (bicyclic) bond motifs is 1. The Morgan fingerprint density at radius 3 is 2.67 bits per heavy atom. The highest BCUT2D eigenvalue weighted by atomic mass is 19.1. The van der Waals surface area contributed by atoms with Crippen molar-refractivity contribution in [3.05, 3.63) is 70.7 Å². The molecule has 0 aliphatic heterocycles. The summed E-state index contributed by atoms with van der Waals surface area (Å²) >= 11 is 0. The lowest BCUT2D eigenvalue weighted by molar-refractivity contribution is 0.177. The van der Waals surface area contributed by atoms with Gasteiger partial charge in [0.25, 0.3) is 0 Å². The zero-order valence-electron chi connectivity index (χ0n) is 12.1. The smallest absolute Gasteiger partial charge is 0.134 e. The molecule has 1 heterocycles. The fourth-order valence-corrected chi connectivity index (χ4v) is 2.80. The summed E-state index contributed by atoms with van der Waals surface area (Å²) in [6.45, 7) is 3.71. The van der Waals surface area contributed by atoms with E-state index in [1.54, 1.807) is 6.07 Å². The molecule has 0 amide bonds. The van der Waals surface area contributed by atoms with Gasteiger partial charge in [-0.1, -0.05) is 24.3 Å². The number of benzene rings is 2. The first-order valence-electron chi connectivity index (χ1n) is 6.97. The van der Waals surface area contributed by atoms with Crippen molar-refractivity contribution < 1.29 is 13.9 Å². The van der Waals surface area contributed by atoms with E-state index in [0.29, 0.717) is 6.42 Å². The van der Waals surface area contributed by atoms with Crippen molar-refractivity contribution in [1.82, 2.24) is 0 Å². The fourth-order valence-electron chi connectivity index (χ4n) is 2.80. The molecular formula is C18H17FO2. The van der Waals surface area contributed by atoms with Gasteiger partial charge in [-0.15, -0.1) is 0 Å². The van der Waals surface area contributed by atoms with Gasteiger partial charge in [0.15, 0.2) is 0 Å². The summed E-state index contributed by atoms with van der Waals surface area (Å²) in [7, 11) is 0. The molecule has 3 aromatic rings. The maximum Gasteiger partial charge on any atom is 0.134 e. The third-order valence-electron chi connectivity index (χ3n) is 3.87. The van der Waals surface area contributed by atoms with Gasteiger partial charge >= 0.3 is 0 Å². The van der Waals surface area contributed by atoms with E-state index in [4.69, 9.17) is 4.42 Å². The lowest BCUT2D eigenvalue weighted by atomic mass is 9.96. The summed E-state index contributed by atoms with van der Waals surface area (Å²) in [5.41, 5.74) is 3.38. The summed E-state index contributed by atoms with van der Waals surface area (Å²) in [6.07, 6.45) is -0.228. The molecule has 0 radical (unpaired) electrons. The summed E-state index contributed by atoms with van der Waals surface area (Å²) in [6, 6.07) is 12.3. The van der Waals surface area contributed by atoms with Gasteiger partial charge in [-0.3, -0.25) is 0 Å². The van der Waals surface area contributed by atoms with Crippen LogP contribution in [0.3, 0.4) is 0 Å². The number of furan rings is 1. The van der Waals surface area contributed by atoms with Crippen molar-refractivity contribution in [1.29, 1.82) is 0 Å². The van der Waals surface area contributed by atoms with Crippen molar-refractivity contribution >= 4 is 11.0 Å². The van der Waals surface area contributed by atoms with E-state index < -0.39 is 6.10 Å². The molecule has 21 heavy (non-hydrogen) atoms. The van der Waals surface area contributed by atoms with Crippen molar-refractivity contribution in [3.63, 3.8) is 0 Å². The number of aryl methyl sites for hydroxylation is 2. The predicted molar refractivity (Wildman–Crippen MR) is 80.8 cm³/mol. The van der Waals surface area contributed by atoms with E-state index >= 15 is 0 Å². The fraction of sp³-hybridized carbons (Fsp3) is 0.222. The van der Waals surface area contributed by atoms with Gasteiger partial charge in [0, 0.05) is 17.4 Å². The summed E-state index contributed by atoms with van der Waals surface area (Å²) in [5.74, 6) is 0.471. The molecule has 108 valence electrons. The Morgan fingerprint density at radius 2 is 1.90 bits per heavy atom. The molecule has 1 atom stereocenters. The van der Waals surface area contributed by atoms with Gasteiger partial charge in [-0.2, -0.15) is 0 Å². The Bertz CT molecular complexity index is 789. The highest BCUT2D eigenvalue weighted by Gasteiger charge is 2.19. The predicted octanol–water partition coefficient (Wildman–Crippen LogP) is 4.46. The number of aliphatic hydroxyl groups excluding tert-OH is 1. The van der Waals surface area contributed by atoms with Crippen LogP contribution < -0.4 is 0 Å². The van der Waals surface area contributed by atoms with Gasteiger partial charge in [0.1, 0.15) is 17.2 Å². The Morgan fingerprint density at radius 1 is 1.14 bits per heavy atom. The van der Waals surface area contributed by atoms with Gasteiger partial charge in [-0.25, -0.2) is 4.39 Å². The van der Waals surface area contributed by atoms with Gasteiger partial charge in [-0.05, 0) is 43.2 Å². The Hall–Kier alpha value is -2.13. The number of rotatable bonds is 3. The molecule has 0 saturated heterocycles. The minimum Gasteiger partial charge on any atom is -0.461 e. The number of hydrogen-bond acceptors (Lipinski definition) is 2. The first-order chi connectivity index (χ1) is 10.1. The summed E-state index contributed by atoms with van der Waals surface area (Å²) in [5, 5.41) is 11.5. The standard InChI is InChI=1S/C18H17FO2/c1-11-9-14(19)8-7-13(11)10-16(20)18-12(2)21-17-6-4-3-5-15(17)18/h3-9,16,20H,10H2,1-2H3. The molecule has 2 aromatic carbocycles. The lowest BCUT2D eigenvalue weighted by Gasteiger charge is -2.12. The molecular weight excluding hydrogens is 267 g/mol. The van der Waals surface area contributed by atoms with Crippen LogP contribution in [0, 0.1) is 19.7 Å². The minimum absolute atomic E-state index is 0.254. The zero-order chi connectivity index (χ0) is 15.0. The van der Waals surface area contributed by atoms with Crippen LogP contribution in [0.4, 0.5) is 4.39 Å². The van der Waals surface area contributed by atoms with Crippen LogP contribution >= 0.6 is 0 Å². The highest BCUT2D eigenvalue weighted by molar-refractivity contribution is 5.82. The molecule has 2 nitrogen and oxygen atoms in total. The molecule has 0 saturated carbocycles. The molecule has 0 fully saturated rings. The van der Waals surface area contributed by atoms with Crippen molar-refractivity contribution in [2.75, 3.05) is 0 Å². The van der Waals surface area contributed by atoms with Crippen LogP contribution in [0.2, 0.25) is 0 Å². The quantitative estimate of drug-likeness (QED) is 0.770. The van der Waals surface area contributed by atoms with Crippen molar-refractivity contribution in [2.45, 2.75) is 26.4 Å². The molecule has 1 N–H and O–H groups in total. The van der Waals surface area contributed by atoms with E-state index in [-0.39, 0.29) is 5.82 Å². The number of hydrogen-bond donors (Lipinski definition) is 1. The second-order valence-electron chi connectivity index (χ2n) is 5.36. The highest BCUT2D eigenvalue weighted by Crippen LogP contribution is 2.32.